The van der Waals surface area contributed by atoms with Crippen molar-refractivity contribution in [3.63, 3.8) is 0 Å². The lowest BCUT2D eigenvalue weighted by molar-refractivity contribution is -0.161. The average Bonchev–Trinajstić information content (AvgIpc) is 2.36. The van der Waals surface area contributed by atoms with Crippen LogP contribution in [0.3, 0.4) is 0 Å². The monoisotopic (exact) mass is 282 g/mol. The van der Waals surface area contributed by atoms with Crippen LogP contribution in [-0.4, -0.2) is 12.1 Å². The first-order chi connectivity index (χ1) is 9.15. The van der Waals surface area contributed by atoms with Crippen molar-refractivity contribution in [2.24, 2.45) is 16.7 Å². The van der Waals surface area contributed by atoms with Gasteiger partial charge in [0, 0.05) is 0 Å². The Labute approximate surface area is 125 Å². The Morgan fingerprint density at radius 1 is 1.10 bits per heavy atom. The molecule has 1 aliphatic carbocycles. The van der Waals surface area contributed by atoms with Gasteiger partial charge in [0.2, 0.25) is 0 Å². The Morgan fingerprint density at radius 2 is 1.65 bits per heavy atom. The van der Waals surface area contributed by atoms with E-state index in [9.17, 15) is 4.79 Å². The minimum atomic E-state index is -0.0296. The van der Waals surface area contributed by atoms with Crippen LogP contribution in [0, 0.1) is 16.7 Å². The smallest absolute Gasteiger partial charge is 0.309 e. The highest BCUT2D eigenvalue weighted by molar-refractivity contribution is 5.73. The summed E-state index contributed by atoms with van der Waals surface area (Å²) in [6.07, 6.45) is 8.00. The summed E-state index contributed by atoms with van der Waals surface area (Å²) in [6, 6.07) is 0. The van der Waals surface area contributed by atoms with Crippen molar-refractivity contribution < 1.29 is 9.53 Å². The van der Waals surface area contributed by atoms with Gasteiger partial charge >= 0.3 is 5.97 Å². The molecule has 20 heavy (non-hydrogen) atoms. The molecule has 1 saturated carbocycles. The molecule has 0 N–H and O–H groups in total. The number of carbonyl (C=O) groups is 1. The van der Waals surface area contributed by atoms with Crippen LogP contribution in [0.4, 0.5) is 0 Å². The van der Waals surface area contributed by atoms with Crippen LogP contribution < -0.4 is 0 Å². The molecule has 0 aliphatic heterocycles. The Bertz CT molecular complexity index is 306. The largest absolute Gasteiger partial charge is 0.462 e. The molecule has 1 fully saturated rings. The molecule has 2 nitrogen and oxygen atoms in total. The Morgan fingerprint density at radius 3 is 2.10 bits per heavy atom. The maximum absolute atomic E-state index is 12.6. The molecular formula is C18H34O2. The second-order valence-electron chi connectivity index (χ2n) is 8.34. The highest BCUT2D eigenvalue weighted by Gasteiger charge is 2.37. The van der Waals surface area contributed by atoms with Gasteiger partial charge in [-0.15, -0.1) is 0 Å². The van der Waals surface area contributed by atoms with E-state index in [0.29, 0.717) is 0 Å². The number of rotatable bonds is 5. The molecule has 0 aromatic rings. The normalized spacial score (nSPS) is 19.7. The fourth-order valence-electron chi connectivity index (χ4n) is 2.87. The first-order valence-electron chi connectivity index (χ1n) is 8.36. The Kier molecular flexibility index (Phi) is 6.09. The van der Waals surface area contributed by atoms with Gasteiger partial charge < -0.3 is 4.74 Å². The van der Waals surface area contributed by atoms with E-state index in [0.717, 1.165) is 25.7 Å². The van der Waals surface area contributed by atoms with E-state index in [-0.39, 0.29) is 28.8 Å². The summed E-state index contributed by atoms with van der Waals surface area (Å²) in [4.78, 5) is 12.6. The van der Waals surface area contributed by atoms with Gasteiger partial charge in [0.1, 0.15) is 6.10 Å². The van der Waals surface area contributed by atoms with Gasteiger partial charge in [0.05, 0.1) is 5.92 Å². The molecule has 0 spiro atoms. The number of hydrogen-bond acceptors (Lipinski definition) is 2. The van der Waals surface area contributed by atoms with Crippen LogP contribution in [0.2, 0.25) is 0 Å². The molecular weight excluding hydrogens is 248 g/mol. The summed E-state index contributed by atoms with van der Waals surface area (Å²) < 4.78 is 5.83. The lowest BCUT2D eigenvalue weighted by Gasteiger charge is -2.36. The summed E-state index contributed by atoms with van der Waals surface area (Å²) in [5.41, 5.74) is 0.168. The van der Waals surface area contributed by atoms with E-state index in [4.69, 9.17) is 4.74 Å². The topological polar surface area (TPSA) is 26.3 Å². The van der Waals surface area contributed by atoms with Gasteiger partial charge in [-0.1, -0.05) is 54.4 Å². The van der Waals surface area contributed by atoms with Crippen molar-refractivity contribution in [3.05, 3.63) is 0 Å². The average molecular weight is 282 g/mol. The quantitative estimate of drug-likeness (QED) is 0.635. The maximum Gasteiger partial charge on any atom is 0.309 e. The van der Waals surface area contributed by atoms with Crippen molar-refractivity contribution in [1.82, 2.24) is 0 Å². The SMILES string of the molecule is CCC(C)(C)CC(C(=O)OC1CCCCC1)C(C)(C)C. The molecule has 118 valence electrons. The van der Waals surface area contributed by atoms with E-state index in [2.05, 4.69) is 41.5 Å². The van der Waals surface area contributed by atoms with E-state index in [1.54, 1.807) is 0 Å². The minimum Gasteiger partial charge on any atom is -0.462 e. The van der Waals surface area contributed by atoms with E-state index < -0.39 is 0 Å². The van der Waals surface area contributed by atoms with Crippen LogP contribution in [-0.2, 0) is 9.53 Å². The zero-order chi connectivity index (χ0) is 15.4. The van der Waals surface area contributed by atoms with Crippen LogP contribution in [0.15, 0.2) is 0 Å². The molecule has 0 radical (unpaired) electrons. The third-order valence-electron chi connectivity index (χ3n) is 4.88. The number of carbonyl (C=O) groups excluding carboxylic acids is 1. The lowest BCUT2D eigenvalue weighted by atomic mass is 9.70. The zero-order valence-electron chi connectivity index (χ0n) is 14.4. The molecule has 0 aromatic heterocycles. The van der Waals surface area contributed by atoms with Gasteiger partial charge in [-0.25, -0.2) is 0 Å². The standard InChI is InChI=1S/C18H34O2/c1-7-18(5,6)13-15(17(2,3)4)16(19)20-14-11-9-8-10-12-14/h14-15H,7-13H2,1-6H3. The molecule has 0 heterocycles. The third-order valence-corrected chi connectivity index (χ3v) is 4.88. The van der Waals surface area contributed by atoms with Crippen molar-refractivity contribution in [2.75, 3.05) is 0 Å². The van der Waals surface area contributed by atoms with E-state index in [1.807, 2.05) is 0 Å². The second kappa shape index (κ2) is 6.95. The minimum absolute atomic E-state index is 0.000577. The van der Waals surface area contributed by atoms with Crippen molar-refractivity contribution in [3.8, 4) is 0 Å². The Balaban J connectivity index is 2.69. The van der Waals surface area contributed by atoms with Gasteiger partial charge in [0.25, 0.3) is 0 Å². The van der Waals surface area contributed by atoms with Crippen LogP contribution in [0.1, 0.15) is 86.5 Å². The predicted molar refractivity (Wildman–Crippen MR) is 84.6 cm³/mol. The second-order valence-corrected chi connectivity index (χ2v) is 8.34. The molecule has 1 rings (SSSR count). The number of esters is 1. The third kappa shape index (κ3) is 5.46. The van der Waals surface area contributed by atoms with Gasteiger partial charge in [-0.05, 0) is 42.9 Å². The summed E-state index contributed by atoms with van der Waals surface area (Å²) in [5, 5.41) is 0. The Hall–Kier alpha value is -0.530. The van der Waals surface area contributed by atoms with Gasteiger partial charge in [-0.3, -0.25) is 4.79 Å². The summed E-state index contributed by atoms with van der Waals surface area (Å²) in [5.74, 6) is 0.0327. The first kappa shape index (κ1) is 17.5. The van der Waals surface area contributed by atoms with Crippen molar-refractivity contribution in [2.45, 2.75) is 92.6 Å². The molecule has 2 heteroatoms. The highest BCUT2D eigenvalue weighted by Crippen LogP contribution is 2.39. The predicted octanol–water partition coefficient (Wildman–Crippen LogP) is 5.35. The lowest BCUT2D eigenvalue weighted by Crippen LogP contribution is -2.36. The number of ether oxygens (including phenoxy) is 1. The van der Waals surface area contributed by atoms with Crippen LogP contribution in [0.25, 0.3) is 0 Å². The zero-order valence-corrected chi connectivity index (χ0v) is 14.4. The van der Waals surface area contributed by atoms with Gasteiger partial charge in [-0.2, -0.15) is 0 Å². The summed E-state index contributed by atoms with van der Waals surface area (Å²) in [7, 11) is 0. The molecule has 0 saturated heterocycles. The molecule has 0 bridgehead atoms. The fraction of sp³-hybridized carbons (Fsp3) is 0.944. The molecule has 1 aliphatic rings. The highest BCUT2D eigenvalue weighted by atomic mass is 16.5. The van der Waals surface area contributed by atoms with E-state index >= 15 is 0 Å². The van der Waals surface area contributed by atoms with Crippen molar-refractivity contribution >= 4 is 5.97 Å². The molecule has 1 unspecified atom stereocenters. The van der Waals surface area contributed by atoms with Crippen molar-refractivity contribution in [1.29, 1.82) is 0 Å². The fourth-order valence-corrected chi connectivity index (χ4v) is 2.87. The van der Waals surface area contributed by atoms with Gasteiger partial charge in [0.15, 0.2) is 0 Å². The molecule has 0 aromatic carbocycles. The summed E-state index contributed by atoms with van der Waals surface area (Å²) in [6.45, 7) is 13.2. The molecule has 1 atom stereocenters. The first-order valence-corrected chi connectivity index (χ1v) is 8.36. The maximum atomic E-state index is 12.6. The molecule has 0 amide bonds. The van der Waals surface area contributed by atoms with E-state index in [1.165, 1.54) is 19.3 Å². The van der Waals surface area contributed by atoms with Crippen LogP contribution in [0.5, 0.6) is 0 Å². The number of hydrogen-bond donors (Lipinski definition) is 0. The van der Waals surface area contributed by atoms with Crippen LogP contribution >= 0.6 is 0 Å². The summed E-state index contributed by atoms with van der Waals surface area (Å²) >= 11 is 0.